The van der Waals surface area contributed by atoms with Crippen molar-refractivity contribution < 1.29 is 18.7 Å². The molecule has 2 rings (SSSR count). The van der Waals surface area contributed by atoms with Gasteiger partial charge >= 0.3 is 0 Å². The van der Waals surface area contributed by atoms with Gasteiger partial charge < -0.3 is 4.74 Å². The second-order valence-electron chi connectivity index (χ2n) is 4.15. The van der Waals surface area contributed by atoms with Crippen LogP contribution in [0.1, 0.15) is 20.7 Å². The summed E-state index contributed by atoms with van der Waals surface area (Å²) in [5.74, 6) is -0.921. The lowest BCUT2D eigenvalue weighted by molar-refractivity contribution is 0.0846. The molecule has 0 aliphatic carbocycles. The predicted molar refractivity (Wildman–Crippen MR) is 74.3 cm³/mol. The smallest absolute Gasteiger partial charge is 0.269 e. The zero-order valence-corrected chi connectivity index (χ0v) is 11.2. The van der Waals surface area contributed by atoms with Crippen molar-refractivity contribution in [2.45, 2.75) is 0 Å². The van der Waals surface area contributed by atoms with Crippen LogP contribution in [0.5, 0.6) is 5.75 Å². The first-order valence-electron chi connectivity index (χ1n) is 6.10. The summed E-state index contributed by atoms with van der Waals surface area (Å²) in [7, 11) is 1.49. The minimum Gasteiger partial charge on any atom is -0.497 e. The molecule has 0 saturated carbocycles. The van der Waals surface area contributed by atoms with Gasteiger partial charge in [-0.25, -0.2) is 4.39 Å². The average Bonchev–Trinajstić information content (AvgIpc) is 2.53. The molecule has 0 heterocycles. The van der Waals surface area contributed by atoms with Crippen LogP contribution in [0, 0.1) is 5.82 Å². The van der Waals surface area contributed by atoms with E-state index in [0.29, 0.717) is 11.3 Å². The molecule has 0 aromatic heterocycles. The van der Waals surface area contributed by atoms with E-state index >= 15 is 0 Å². The Labute approximate surface area is 120 Å². The second-order valence-corrected chi connectivity index (χ2v) is 4.15. The molecular formula is C15H13FN2O3. The summed E-state index contributed by atoms with van der Waals surface area (Å²) < 4.78 is 17.8. The maximum absolute atomic E-state index is 12.7. The molecule has 0 saturated heterocycles. The Hall–Kier alpha value is -2.89. The predicted octanol–water partition coefficient (Wildman–Crippen LogP) is 1.91. The molecular weight excluding hydrogens is 275 g/mol. The highest BCUT2D eigenvalue weighted by atomic mass is 19.1. The van der Waals surface area contributed by atoms with Gasteiger partial charge in [0.05, 0.1) is 7.11 Å². The van der Waals surface area contributed by atoms with Crippen LogP contribution in [0.3, 0.4) is 0 Å². The lowest BCUT2D eigenvalue weighted by Crippen LogP contribution is -2.41. The molecule has 0 aliphatic rings. The molecule has 0 radical (unpaired) electrons. The molecule has 21 heavy (non-hydrogen) atoms. The molecule has 0 atom stereocenters. The van der Waals surface area contributed by atoms with E-state index in [9.17, 15) is 14.0 Å². The Morgan fingerprint density at radius 1 is 0.952 bits per heavy atom. The van der Waals surface area contributed by atoms with Crippen molar-refractivity contribution in [1.82, 2.24) is 10.9 Å². The summed E-state index contributed by atoms with van der Waals surface area (Å²) in [5, 5.41) is 0. The highest BCUT2D eigenvalue weighted by Crippen LogP contribution is 2.12. The molecule has 6 heteroatoms. The Kier molecular flexibility index (Phi) is 4.50. The fourth-order valence-electron chi connectivity index (χ4n) is 1.62. The molecule has 2 aromatic carbocycles. The first-order valence-corrected chi connectivity index (χ1v) is 6.10. The van der Waals surface area contributed by atoms with Crippen molar-refractivity contribution in [1.29, 1.82) is 0 Å². The van der Waals surface area contributed by atoms with Crippen LogP contribution < -0.4 is 15.6 Å². The Morgan fingerprint density at radius 3 is 2.19 bits per heavy atom. The van der Waals surface area contributed by atoms with Crippen molar-refractivity contribution in [3.8, 4) is 5.75 Å². The summed E-state index contributed by atoms with van der Waals surface area (Å²) >= 11 is 0. The first-order chi connectivity index (χ1) is 10.1. The van der Waals surface area contributed by atoms with Crippen molar-refractivity contribution in [3.05, 3.63) is 65.5 Å². The Balaban J connectivity index is 1.97. The van der Waals surface area contributed by atoms with Crippen molar-refractivity contribution in [3.63, 3.8) is 0 Å². The number of amides is 2. The number of benzene rings is 2. The number of hydrogen-bond donors (Lipinski definition) is 2. The molecule has 2 aromatic rings. The van der Waals surface area contributed by atoms with Gasteiger partial charge in [0.15, 0.2) is 0 Å². The molecule has 108 valence electrons. The van der Waals surface area contributed by atoms with Crippen LogP contribution >= 0.6 is 0 Å². The van der Waals surface area contributed by atoms with Crippen molar-refractivity contribution in [2.24, 2.45) is 0 Å². The summed E-state index contributed by atoms with van der Waals surface area (Å²) in [6.45, 7) is 0. The monoisotopic (exact) mass is 288 g/mol. The van der Waals surface area contributed by atoms with Gasteiger partial charge in [-0.3, -0.25) is 20.4 Å². The molecule has 2 N–H and O–H groups in total. The van der Waals surface area contributed by atoms with Crippen LogP contribution in [0.15, 0.2) is 48.5 Å². The zero-order valence-electron chi connectivity index (χ0n) is 11.2. The highest BCUT2D eigenvalue weighted by Gasteiger charge is 2.09. The van der Waals surface area contributed by atoms with Gasteiger partial charge in [-0.05, 0) is 42.5 Å². The van der Waals surface area contributed by atoms with Gasteiger partial charge in [0.1, 0.15) is 11.6 Å². The number of rotatable bonds is 3. The zero-order chi connectivity index (χ0) is 15.2. The van der Waals surface area contributed by atoms with Gasteiger partial charge in [0.25, 0.3) is 11.8 Å². The third-order valence-corrected chi connectivity index (χ3v) is 2.73. The SMILES string of the molecule is COc1cccc(C(=O)NNC(=O)c2ccc(F)cc2)c1. The van der Waals surface area contributed by atoms with Crippen molar-refractivity contribution >= 4 is 11.8 Å². The summed E-state index contributed by atoms with van der Waals surface area (Å²) in [6, 6.07) is 11.5. The van der Waals surface area contributed by atoms with Crippen molar-refractivity contribution in [2.75, 3.05) is 7.11 Å². The number of methoxy groups -OCH3 is 1. The molecule has 0 spiro atoms. The lowest BCUT2D eigenvalue weighted by atomic mass is 10.2. The van der Waals surface area contributed by atoms with Gasteiger partial charge in [-0.2, -0.15) is 0 Å². The van der Waals surface area contributed by atoms with E-state index < -0.39 is 17.6 Å². The van der Waals surface area contributed by atoms with Crippen LogP contribution in [0.4, 0.5) is 4.39 Å². The molecule has 0 bridgehead atoms. The third-order valence-electron chi connectivity index (χ3n) is 2.73. The third kappa shape index (κ3) is 3.79. The molecule has 0 fully saturated rings. The molecule has 2 amide bonds. The topological polar surface area (TPSA) is 67.4 Å². The average molecular weight is 288 g/mol. The van der Waals surface area contributed by atoms with Gasteiger partial charge in [0, 0.05) is 11.1 Å². The quantitative estimate of drug-likeness (QED) is 0.848. The van der Waals surface area contributed by atoms with Gasteiger partial charge in [-0.1, -0.05) is 6.07 Å². The maximum Gasteiger partial charge on any atom is 0.269 e. The highest BCUT2D eigenvalue weighted by molar-refractivity contribution is 5.99. The minimum atomic E-state index is -0.536. The standard InChI is InChI=1S/C15H13FN2O3/c1-21-13-4-2-3-11(9-13)15(20)18-17-14(19)10-5-7-12(16)8-6-10/h2-9H,1H3,(H,17,19)(H,18,20). The van der Waals surface area contributed by atoms with E-state index in [1.54, 1.807) is 24.3 Å². The summed E-state index contributed by atoms with van der Waals surface area (Å²) in [5.41, 5.74) is 5.11. The Bertz CT molecular complexity index is 656. The number of hydrogen-bond acceptors (Lipinski definition) is 3. The summed E-state index contributed by atoms with van der Waals surface area (Å²) in [6.07, 6.45) is 0. The van der Waals surface area contributed by atoms with Crippen LogP contribution in [-0.4, -0.2) is 18.9 Å². The Morgan fingerprint density at radius 2 is 1.57 bits per heavy atom. The van der Waals surface area contributed by atoms with Crippen LogP contribution in [0.25, 0.3) is 0 Å². The largest absolute Gasteiger partial charge is 0.497 e. The first kappa shape index (κ1) is 14.5. The van der Waals surface area contributed by atoms with E-state index in [2.05, 4.69) is 10.9 Å². The van der Waals surface area contributed by atoms with E-state index in [-0.39, 0.29) is 5.56 Å². The van der Waals surface area contributed by atoms with Gasteiger partial charge in [0.2, 0.25) is 0 Å². The van der Waals surface area contributed by atoms with Gasteiger partial charge in [-0.15, -0.1) is 0 Å². The van der Waals surface area contributed by atoms with E-state index in [1.807, 2.05) is 0 Å². The molecule has 0 aliphatic heterocycles. The minimum absolute atomic E-state index is 0.238. The van der Waals surface area contributed by atoms with E-state index in [0.717, 1.165) is 0 Å². The molecule has 5 nitrogen and oxygen atoms in total. The maximum atomic E-state index is 12.7. The normalized spacial score (nSPS) is 9.81. The van der Waals surface area contributed by atoms with Crippen LogP contribution in [-0.2, 0) is 0 Å². The van der Waals surface area contributed by atoms with Crippen LogP contribution in [0.2, 0.25) is 0 Å². The number of hydrazine groups is 1. The fraction of sp³-hybridized carbons (Fsp3) is 0.0667. The number of carbonyl (C=O) groups is 2. The fourth-order valence-corrected chi connectivity index (χ4v) is 1.62. The number of nitrogens with one attached hydrogen (secondary N) is 2. The van der Waals surface area contributed by atoms with E-state index in [4.69, 9.17) is 4.74 Å². The number of carbonyl (C=O) groups excluding carboxylic acids is 2. The number of ether oxygens (including phenoxy) is 1. The number of halogens is 1. The molecule has 0 unspecified atom stereocenters. The lowest BCUT2D eigenvalue weighted by Gasteiger charge is -2.08. The second kappa shape index (κ2) is 6.51. The van der Waals surface area contributed by atoms with E-state index in [1.165, 1.54) is 31.4 Å². The summed E-state index contributed by atoms with van der Waals surface area (Å²) in [4.78, 5) is 23.6.